The van der Waals surface area contributed by atoms with Crippen LogP contribution in [0.1, 0.15) is 12.0 Å². The van der Waals surface area contributed by atoms with Crippen LogP contribution in [0.3, 0.4) is 0 Å². The lowest BCUT2D eigenvalue weighted by molar-refractivity contribution is -0.131. The van der Waals surface area contributed by atoms with Gasteiger partial charge < -0.3 is 24.5 Å². The molecule has 3 N–H and O–H groups in total. The Balaban J connectivity index is 1.33. The summed E-state index contributed by atoms with van der Waals surface area (Å²) in [7, 11) is 0. The van der Waals surface area contributed by atoms with Gasteiger partial charge in [-0.25, -0.2) is 4.79 Å². The summed E-state index contributed by atoms with van der Waals surface area (Å²) in [5, 5.41) is 12.3. The molecule has 1 saturated heterocycles. The summed E-state index contributed by atoms with van der Waals surface area (Å²) in [5.41, 5.74) is 3.23. The van der Waals surface area contributed by atoms with Gasteiger partial charge in [-0.3, -0.25) is 14.9 Å². The van der Waals surface area contributed by atoms with Crippen molar-refractivity contribution in [1.29, 1.82) is 0 Å². The third-order valence-corrected chi connectivity index (χ3v) is 7.35. The van der Waals surface area contributed by atoms with Crippen LogP contribution >= 0.6 is 22.9 Å². The van der Waals surface area contributed by atoms with Gasteiger partial charge in [0.1, 0.15) is 6.61 Å². The number of H-pyrrole nitrogens is 1. The first-order valence-corrected chi connectivity index (χ1v) is 13.1. The van der Waals surface area contributed by atoms with Gasteiger partial charge >= 0.3 is 6.09 Å². The number of carbonyl (C=O) groups excluding carboxylic acids is 2. The zero-order chi connectivity index (χ0) is 26.6. The molecule has 2 aromatic heterocycles. The Morgan fingerprint density at radius 2 is 2.11 bits per heavy atom. The smallest absolute Gasteiger partial charge is 0.417 e. The fourth-order valence-corrected chi connectivity index (χ4v) is 5.46. The lowest BCUT2D eigenvalue weighted by Crippen LogP contribution is -2.28. The fourth-order valence-electron chi connectivity index (χ4n) is 4.58. The van der Waals surface area contributed by atoms with E-state index in [9.17, 15) is 14.4 Å². The number of hydrogen-bond donors (Lipinski definition) is 3. The number of ether oxygens (including phenoxy) is 2. The Morgan fingerprint density at radius 1 is 1.24 bits per heavy atom. The van der Waals surface area contributed by atoms with Crippen LogP contribution in [0.15, 0.2) is 76.9 Å². The average molecular weight is 554 g/mol. The number of pyridine rings is 1. The molecule has 2 aliphatic rings. The van der Waals surface area contributed by atoms with Crippen molar-refractivity contribution < 1.29 is 24.2 Å². The lowest BCUT2D eigenvalue weighted by Gasteiger charge is -2.17. The summed E-state index contributed by atoms with van der Waals surface area (Å²) in [6, 6.07) is 12.5. The number of amides is 2. The number of nitrogens with one attached hydrogen (secondary N) is 2. The number of nitrogens with zero attached hydrogens (tertiary/aromatic N) is 1. The van der Waals surface area contributed by atoms with Crippen LogP contribution in [0.4, 0.5) is 4.79 Å². The fraction of sp³-hybridized carbons (Fsp3) is 0.222. The molecule has 2 amide bonds. The summed E-state index contributed by atoms with van der Waals surface area (Å²) >= 11 is 7.05. The molecule has 0 radical (unpaired) electrons. The van der Waals surface area contributed by atoms with E-state index in [-0.39, 0.29) is 36.3 Å². The zero-order valence-corrected chi connectivity index (χ0v) is 21.7. The normalized spacial score (nSPS) is 16.5. The van der Waals surface area contributed by atoms with Crippen molar-refractivity contribution in [3.05, 3.63) is 92.3 Å². The molecule has 1 fully saturated rings. The number of fused-ring (bicyclic) bond motifs is 1. The predicted octanol–water partition coefficient (Wildman–Crippen LogP) is 4.09. The highest BCUT2D eigenvalue weighted by atomic mass is 35.5. The van der Waals surface area contributed by atoms with Gasteiger partial charge in [-0.05, 0) is 53.5 Å². The maximum atomic E-state index is 13.3. The molecule has 1 aromatic carbocycles. The van der Waals surface area contributed by atoms with Gasteiger partial charge in [0, 0.05) is 30.5 Å². The van der Waals surface area contributed by atoms with E-state index in [1.54, 1.807) is 29.2 Å². The Morgan fingerprint density at radius 3 is 2.89 bits per heavy atom. The Hall–Kier alpha value is -3.86. The van der Waals surface area contributed by atoms with Crippen molar-refractivity contribution in [2.45, 2.75) is 13.0 Å². The number of aromatic amines is 1. The van der Waals surface area contributed by atoms with E-state index in [0.29, 0.717) is 40.2 Å². The summed E-state index contributed by atoms with van der Waals surface area (Å²) in [4.78, 5) is 42.3. The maximum Gasteiger partial charge on any atom is 0.417 e. The second-order valence-corrected chi connectivity index (χ2v) is 10.4. The van der Waals surface area contributed by atoms with Crippen molar-refractivity contribution in [2.24, 2.45) is 5.92 Å². The van der Waals surface area contributed by atoms with Crippen molar-refractivity contribution in [1.82, 2.24) is 15.2 Å². The number of aliphatic hydroxyl groups is 1. The number of halogens is 1. The molecule has 0 bridgehead atoms. The first kappa shape index (κ1) is 25.8. The van der Waals surface area contributed by atoms with E-state index >= 15 is 0 Å². The second kappa shape index (κ2) is 11.3. The van der Waals surface area contributed by atoms with Crippen LogP contribution in [0.25, 0.3) is 11.1 Å². The van der Waals surface area contributed by atoms with E-state index in [0.717, 1.165) is 28.0 Å². The van der Waals surface area contributed by atoms with Gasteiger partial charge in [0.25, 0.3) is 5.56 Å². The minimum atomic E-state index is -0.646. The van der Waals surface area contributed by atoms with E-state index in [2.05, 4.69) is 10.3 Å². The zero-order valence-electron chi connectivity index (χ0n) is 20.1. The highest BCUT2D eigenvalue weighted by Gasteiger charge is 2.38. The third-order valence-electron chi connectivity index (χ3n) is 6.24. The van der Waals surface area contributed by atoms with Crippen LogP contribution in [0.5, 0.6) is 10.8 Å². The molecular formula is C27H24ClN3O6S. The van der Waals surface area contributed by atoms with E-state index in [1.165, 1.54) is 6.20 Å². The number of benzene rings is 1. The maximum absolute atomic E-state index is 13.3. The Kier molecular flexibility index (Phi) is 7.64. The number of rotatable bonds is 8. The Labute approximate surface area is 227 Å². The minimum Gasteiger partial charge on any atom is -0.485 e. The number of aliphatic hydroxyl groups excluding tert-OH is 1. The van der Waals surface area contributed by atoms with Crippen LogP contribution in [0.2, 0.25) is 4.34 Å². The first-order valence-electron chi connectivity index (χ1n) is 11.9. The number of thiophene rings is 1. The van der Waals surface area contributed by atoms with E-state index in [4.69, 9.17) is 26.2 Å². The second-order valence-electron chi connectivity index (χ2n) is 8.72. The standard InChI is InChI=1S/C27H24ClN3O6S/c28-22-7-8-23(38-22)37-27(35)30-21-6-2-5-19-20(21)15-31(26(19)34)14-16-3-1-4-17(13-16)18-9-10-29-25(33)24(18)36-12-11-32/h1-4,6-10,13,19,32H,5,11-12,14-15H2,(H,29,33)(H,30,35). The summed E-state index contributed by atoms with van der Waals surface area (Å²) < 4.78 is 11.3. The van der Waals surface area contributed by atoms with Crippen molar-refractivity contribution in [2.75, 3.05) is 19.8 Å². The number of aromatic nitrogens is 1. The van der Waals surface area contributed by atoms with Gasteiger partial charge in [0.2, 0.25) is 5.91 Å². The summed E-state index contributed by atoms with van der Waals surface area (Å²) in [5.74, 6) is -0.234. The van der Waals surface area contributed by atoms with Crippen molar-refractivity contribution in [3.63, 3.8) is 0 Å². The Bertz CT molecular complexity index is 1490. The molecule has 3 heterocycles. The largest absolute Gasteiger partial charge is 0.485 e. The van der Waals surface area contributed by atoms with Crippen LogP contribution in [0, 0.1) is 5.92 Å². The molecule has 1 aliphatic heterocycles. The molecule has 1 atom stereocenters. The summed E-state index contributed by atoms with van der Waals surface area (Å²) in [6.07, 6.45) is 5.12. The predicted molar refractivity (Wildman–Crippen MR) is 143 cm³/mol. The van der Waals surface area contributed by atoms with Gasteiger partial charge in [-0.2, -0.15) is 0 Å². The van der Waals surface area contributed by atoms with Gasteiger partial charge in [0.05, 0.1) is 16.9 Å². The average Bonchev–Trinajstić information content (AvgIpc) is 3.46. The molecule has 196 valence electrons. The molecule has 3 aromatic rings. The molecule has 5 rings (SSSR count). The van der Waals surface area contributed by atoms with Crippen LogP contribution < -0.4 is 20.3 Å². The van der Waals surface area contributed by atoms with Gasteiger partial charge in [0.15, 0.2) is 10.8 Å². The van der Waals surface area contributed by atoms with Gasteiger partial charge in [-0.1, -0.05) is 47.2 Å². The molecule has 1 aliphatic carbocycles. The highest BCUT2D eigenvalue weighted by Crippen LogP contribution is 2.35. The van der Waals surface area contributed by atoms with Gasteiger partial charge in [-0.15, -0.1) is 0 Å². The van der Waals surface area contributed by atoms with Crippen LogP contribution in [-0.2, 0) is 11.3 Å². The quantitative estimate of drug-likeness (QED) is 0.386. The lowest BCUT2D eigenvalue weighted by atomic mass is 9.92. The van der Waals surface area contributed by atoms with E-state index < -0.39 is 6.09 Å². The van der Waals surface area contributed by atoms with Crippen LogP contribution in [-0.4, -0.2) is 46.7 Å². The molecule has 1 unspecified atom stereocenters. The minimum absolute atomic E-state index is 0.00240. The van der Waals surface area contributed by atoms with E-state index in [1.807, 2.05) is 30.3 Å². The highest BCUT2D eigenvalue weighted by molar-refractivity contribution is 7.17. The molecule has 0 saturated carbocycles. The number of hydrogen-bond acceptors (Lipinski definition) is 7. The third kappa shape index (κ3) is 5.52. The molecule has 38 heavy (non-hydrogen) atoms. The molecular weight excluding hydrogens is 530 g/mol. The molecule has 0 spiro atoms. The SMILES string of the molecule is O=C(NC1=C2CN(Cc3cccc(-c4cc[nH]c(=O)c4OCCO)c3)C(=O)C2CC=C1)Oc1ccc(Cl)s1. The monoisotopic (exact) mass is 553 g/mol. The van der Waals surface area contributed by atoms with Crippen molar-refractivity contribution in [3.8, 4) is 21.9 Å². The summed E-state index contributed by atoms with van der Waals surface area (Å²) in [6.45, 7) is 0.508. The topological polar surface area (TPSA) is 121 Å². The number of carbonyl (C=O) groups is 2. The molecule has 9 nitrogen and oxygen atoms in total. The number of likely N-dealkylation sites (tertiary alicyclic amines) is 1. The first-order chi connectivity index (χ1) is 18.4. The number of allylic oxidation sites excluding steroid dienone is 2. The van der Waals surface area contributed by atoms with Crippen molar-refractivity contribution >= 4 is 34.9 Å². The molecule has 11 heteroatoms.